The van der Waals surface area contributed by atoms with E-state index < -0.39 is 23.9 Å². The van der Waals surface area contributed by atoms with Crippen LogP contribution in [0.15, 0.2) is 0 Å². The Hall–Kier alpha value is -1.83. The third-order valence-corrected chi connectivity index (χ3v) is 3.31. The molecule has 0 aromatic carbocycles. The van der Waals surface area contributed by atoms with Crippen LogP contribution in [0.4, 0.5) is 4.79 Å². The lowest BCUT2D eigenvalue weighted by Gasteiger charge is -2.21. The summed E-state index contributed by atoms with van der Waals surface area (Å²) in [6.45, 7) is 3.11. The largest absolute Gasteiger partial charge is 0.480 e. The van der Waals surface area contributed by atoms with Crippen LogP contribution in [0.1, 0.15) is 26.2 Å². The maximum atomic E-state index is 11.7. The standard InChI is InChI=1S/C12H21N3O5/c1-7(8-4-5-20-6-8)14-12(19)15-9(11(17)18)2-3-10(13)16/h7-9H,2-6H2,1H3,(H2,13,16)(H,17,18)(H2,14,15,19). The molecule has 1 rings (SSSR count). The molecule has 0 radical (unpaired) electrons. The Bertz CT molecular complexity index is 368. The number of primary amides is 1. The van der Waals surface area contributed by atoms with Crippen molar-refractivity contribution in [3.63, 3.8) is 0 Å². The zero-order chi connectivity index (χ0) is 15.1. The van der Waals surface area contributed by atoms with Crippen LogP contribution < -0.4 is 16.4 Å². The number of rotatable bonds is 7. The normalized spacial score (nSPS) is 20.9. The van der Waals surface area contributed by atoms with Crippen molar-refractivity contribution in [1.29, 1.82) is 0 Å². The molecule has 114 valence electrons. The molecule has 0 saturated carbocycles. The first-order chi connectivity index (χ1) is 9.40. The molecule has 8 heteroatoms. The van der Waals surface area contributed by atoms with E-state index in [0.717, 1.165) is 6.42 Å². The van der Waals surface area contributed by atoms with Crippen LogP contribution in [-0.4, -0.2) is 48.3 Å². The van der Waals surface area contributed by atoms with Crippen molar-refractivity contribution in [2.75, 3.05) is 13.2 Å². The third-order valence-electron chi connectivity index (χ3n) is 3.31. The first-order valence-corrected chi connectivity index (χ1v) is 6.56. The summed E-state index contributed by atoms with van der Waals surface area (Å²) >= 11 is 0. The van der Waals surface area contributed by atoms with Gasteiger partial charge in [0.25, 0.3) is 0 Å². The molecule has 1 heterocycles. The van der Waals surface area contributed by atoms with Crippen LogP contribution in [0, 0.1) is 5.92 Å². The maximum Gasteiger partial charge on any atom is 0.326 e. The quantitative estimate of drug-likeness (QED) is 0.498. The van der Waals surface area contributed by atoms with E-state index in [1.165, 1.54) is 0 Å². The number of hydrogen-bond acceptors (Lipinski definition) is 4. The van der Waals surface area contributed by atoms with Crippen LogP contribution in [0.5, 0.6) is 0 Å². The van der Waals surface area contributed by atoms with E-state index in [0.29, 0.717) is 13.2 Å². The Kier molecular flexibility index (Phi) is 6.23. The lowest BCUT2D eigenvalue weighted by molar-refractivity contribution is -0.139. The Labute approximate surface area is 117 Å². The number of carboxylic acids is 1. The van der Waals surface area contributed by atoms with Gasteiger partial charge >= 0.3 is 12.0 Å². The highest BCUT2D eigenvalue weighted by Crippen LogP contribution is 2.16. The SMILES string of the molecule is CC(NC(=O)NC(CCC(N)=O)C(=O)O)C1CCOC1. The molecule has 1 fully saturated rings. The van der Waals surface area contributed by atoms with Gasteiger partial charge in [0.15, 0.2) is 0 Å². The number of urea groups is 1. The number of nitrogens with two attached hydrogens (primary N) is 1. The van der Waals surface area contributed by atoms with Gasteiger partial charge in [-0.15, -0.1) is 0 Å². The van der Waals surface area contributed by atoms with E-state index in [1.54, 1.807) is 0 Å². The van der Waals surface area contributed by atoms with Crippen molar-refractivity contribution in [2.24, 2.45) is 11.7 Å². The molecule has 0 bridgehead atoms. The fourth-order valence-electron chi connectivity index (χ4n) is 2.02. The van der Waals surface area contributed by atoms with Crippen LogP contribution >= 0.6 is 0 Å². The van der Waals surface area contributed by atoms with Gasteiger partial charge in [0.2, 0.25) is 5.91 Å². The predicted octanol–water partition coefficient (Wildman–Crippen LogP) is -0.571. The summed E-state index contributed by atoms with van der Waals surface area (Å²) in [5.41, 5.74) is 4.96. The number of nitrogens with one attached hydrogen (secondary N) is 2. The molecule has 0 spiro atoms. The fraction of sp³-hybridized carbons (Fsp3) is 0.750. The smallest absolute Gasteiger partial charge is 0.326 e. The molecular weight excluding hydrogens is 266 g/mol. The number of carbonyl (C=O) groups excluding carboxylic acids is 2. The second-order valence-corrected chi connectivity index (χ2v) is 4.93. The first kappa shape index (κ1) is 16.2. The van der Waals surface area contributed by atoms with E-state index >= 15 is 0 Å². The average molecular weight is 287 g/mol. The van der Waals surface area contributed by atoms with E-state index in [9.17, 15) is 14.4 Å². The monoisotopic (exact) mass is 287 g/mol. The van der Waals surface area contributed by atoms with E-state index in [2.05, 4.69) is 10.6 Å². The van der Waals surface area contributed by atoms with Crippen molar-refractivity contribution in [3.05, 3.63) is 0 Å². The number of ether oxygens (including phenoxy) is 1. The minimum absolute atomic E-state index is 0.0288. The van der Waals surface area contributed by atoms with Crippen LogP contribution in [0.3, 0.4) is 0 Å². The van der Waals surface area contributed by atoms with Crippen molar-refractivity contribution in [2.45, 2.75) is 38.3 Å². The second-order valence-electron chi connectivity index (χ2n) is 4.93. The number of carbonyl (C=O) groups is 3. The van der Waals surface area contributed by atoms with E-state index in [1.807, 2.05) is 6.92 Å². The molecule has 0 aliphatic carbocycles. The Morgan fingerprint density at radius 1 is 1.40 bits per heavy atom. The Morgan fingerprint density at radius 3 is 2.60 bits per heavy atom. The number of aliphatic carboxylic acids is 1. The molecule has 3 amide bonds. The molecule has 1 aliphatic heterocycles. The van der Waals surface area contributed by atoms with Crippen LogP contribution in [-0.2, 0) is 14.3 Å². The molecule has 3 atom stereocenters. The highest BCUT2D eigenvalue weighted by atomic mass is 16.5. The summed E-state index contributed by atoms with van der Waals surface area (Å²) in [5, 5.41) is 14.0. The van der Waals surface area contributed by atoms with Gasteiger partial charge in [-0.1, -0.05) is 0 Å². The van der Waals surface area contributed by atoms with Gasteiger partial charge in [-0.25, -0.2) is 9.59 Å². The van der Waals surface area contributed by atoms with Gasteiger partial charge in [-0.3, -0.25) is 4.79 Å². The zero-order valence-electron chi connectivity index (χ0n) is 11.4. The van der Waals surface area contributed by atoms with Crippen LogP contribution in [0.2, 0.25) is 0 Å². The first-order valence-electron chi connectivity index (χ1n) is 6.56. The highest BCUT2D eigenvalue weighted by Gasteiger charge is 2.25. The zero-order valence-corrected chi connectivity index (χ0v) is 11.4. The second kappa shape index (κ2) is 7.68. The summed E-state index contributed by atoms with van der Waals surface area (Å²) < 4.78 is 5.23. The molecule has 8 nitrogen and oxygen atoms in total. The maximum absolute atomic E-state index is 11.7. The van der Waals surface area contributed by atoms with Gasteiger partial charge < -0.3 is 26.2 Å². The molecule has 3 unspecified atom stereocenters. The summed E-state index contributed by atoms with van der Waals surface area (Å²) in [4.78, 5) is 33.4. The van der Waals surface area contributed by atoms with Gasteiger partial charge in [0.1, 0.15) is 6.04 Å². The van der Waals surface area contributed by atoms with E-state index in [4.69, 9.17) is 15.6 Å². The third kappa shape index (κ3) is 5.43. The van der Waals surface area contributed by atoms with Crippen molar-refractivity contribution in [3.8, 4) is 0 Å². The van der Waals surface area contributed by atoms with Crippen molar-refractivity contribution < 1.29 is 24.2 Å². The van der Waals surface area contributed by atoms with Crippen molar-refractivity contribution >= 4 is 17.9 Å². The number of amides is 3. The highest BCUT2D eigenvalue weighted by molar-refractivity contribution is 5.83. The fourth-order valence-corrected chi connectivity index (χ4v) is 2.02. The minimum Gasteiger partial charge on any atom is -0.480 e. The topological polar surface area (TPSA) is 131 Å². The average Bonchev–Trinajstić information content (AvgIpc) is 2.87. The van der Waals surface area contributed by atoms with Gasteiger partial charge in [0.05, 0.1) is 6.61 Å². The molecule has 5 N–H and O–H groups in total. The number of carboxylic acid groups (broad SMARTS) is 1. The van der Waals surface area contributed by atoms with Gasteiger partial charge in [0, 0.05) is 25.0 Å². The van der Waals surface area contributed by atoms with Gasteiger partial charge in [-0.2, -0.15) is 0 Å². The summed E-state index contributed by atoms with van der Waals surface area (Å²) in [6, 6.07) is -1.81. The molecule has 1 saturated heterocycles. The lowest BCUT2D eigenvalue weighted by Crippen LogP contribution is -2.50. The molecular formula is C12H21N3O5. The Balaban J connectivity index is 2.40. The number of hydrogen-bond donors (Lipinski definition) is 4. The van der Waals surface area contributed by atoms with Gasteiger partial charge in [-0.05, 0) is 19.8 Å². The molecule has 20 heavy (non-hydrogen) atoms. The van der Waals surface area contributed by atoms with E-state index in [-0.39, 0.29) is 24.8 Å². The summed E-state index contributed by atoms with van der Waals surface area (Å²) in [5.74, 6) is -1.57. The summed E-state index contributed by atoms with van der Waals surface area (Å²) in [6.07, 6.45) is 0.744. The molecule has 0 aromatic rings. The van der Waals surface area contributed by atoms with Crippen LogP contribution in [0.25, 0.3) is 0 Å². The molecule has 0 aromatic heterocycles. The van der Waals surface area contributed by atoms with Crippen molar-refractivity contribution in [1.82, 2.24) is 10.6 Å². The Morgan fingerprint density at radius 2 is 2.10 bits per heavy atom. The summed E-state index contributed by atoms with van der Waals surface area (Å²) in [7, 11) is 0. The lowest BCUT2D eigenvalue weighted by atomic mass is 10.0. The predicted molar refractivity (Wildman–Crippen MR) is 69.9 cm³/mol. The molecule has 1 aliphatic rings. The minimum atomic E-state index is -1.20.